The molecule has 0 aromatic heterocycles. The molecule has 1 atom stereocenters. The Morgan fingerprint density at radius 2 is 1.93 bits per heavy atom. The van der Waals surface area contributed by atoms with E-state index in [0.717, 1.165) is 5.56 Å². The number of benzene rings is 1. The SMILES string of the molecule is CN(C)C(=O)C[C@H](N)c1ccccc1. The van der Waals surface area contributed by atoms with Crippen LogP contribution in [0.2, 0.25) is 0 Å². The van der Waals surface area contributed by atoms with Crippen molar-refractivity contribution in [1.82, 2.24) is 4.90 Å². The molecule has 1 amide bonds. The maximum absolute atomic E-state index is 11.4. The molecule has 0 heterocycles. The third-order valence-electron chi connectivity index (χ3n) is 2.12. The molecular weight excluding hydrogens is 176 g/mol. The molecule has 0 saturated carbocycles. The van der Waals surface area contributed by atoms with E-state index in [-0.39, 0.29) is 11.9 Å². The average molecular weight is 192 g/mol. The number of nitrogens with zero attached hydrogens (tertiary/aromatic N) is 1. The number of carbonyl (C=O) groups is 1. The van der Waals surface area contributed by atoms with Gasteiger partial charge in [0.2, 0.25) is 5.91 Å². The lowest BCUT2D eigenvalue weighted by Crippen LogP contribution is -2.26. The molecule has 3 nitrogen and oxygen atoms in total. The lowest BCUT2D eigenvalue weighted by atomic mass is 10.0. The molecule has 2 N–H and O–H groups in total. The molecule has 1 rings (SSSR count). The smallest absolute Gasteiger partial charge is 0.223 e. The quantitative estimate of drug-likeness (QED) is 0.781. The first-order valence-corrected chi connectivity index (χ1v) is 4.62. The van der Waals surface area contributed by atoms with Gasteiger partial charge in [-0.2, -0.15) is 0 Å². The normalized spacial score (nSPS) is 12.2. The first kappa shape index (κ1) is 10.7. The first-order chi connectivity index (χ1) is 6.61. The van der Waals surface area contributed by atoms with Gasteiger partial charge in [0.25, 0.3) is 0 Å². The van der Waals surface area contributed by atoms with E-state index < -0.39 is 0 Å². The molecule has 0 aliphatic heterocycles. The monoisotopic (exact) mass is 192 g/mol. The topological polar surface area (TPSA) is 46.3 Å². The van der Waals surface area contributed by atoms with Gasteiger partial charge in [0.15, 0.2) is 0 Å². The van der Waals surface area contributed by atoms with Crippen molar-refractivity contribution in [3.8, 4) is 0 Å². The van der Waals surface area contributed by atoms with Gasteiger partial charge in [-0.15, -0.1) is 0 Å². The molecule has 0 radical (unpaired) electrons. The Kier molecular flexibility index (Phi) is 3.65. The van der Waals surface area contributed by atoms with E-state index in [2.05, 4.69) is 0 Å². The van der Waals surface area contributed by atoms with Crippen LogP contribution in [0, 0.1) is 0 Å². The standard InChI is InChI=1S/C11H16N2O/c1-13(2)11(14)8-10(12)9-6-4-3-5-7-9/h3-7,10H,8,12H2,1-2H3/t10-/m0/s1. The summed E-state index contributed by atoms with van der Waals surface area (Å²) in [6.07, 6.45) is 0.358. The number of rotatable bonds is 3. The molecule has 3 heteroatoms. The second-order valence-electron chi connectivity index (χ2n) is 3.51. The molecule has 0 fully saturated rings. The summed E-state index contributed by atoms with van der Waals surface area (Å²) < 4.78 is 0. The number of amides is 1. The molecular formula is C11H16N2O. The highest BCUT2D eigenvalue weighted by molar-refractivity contribution is 5.76. The Bertz CT molecular complexity index is 295. The molecule has 1 aromatic carbocycles. The fraction of sp³-hybridized carbons (Fsp3) is 0.364. The van der Waals surface area contributed by atoms with Crippen LogP contribution in [-0.2, 0) is 4.79 Å². The predicted molar refractivity (Wildman–Crippen MR) is 56.7 cm³/mol. The van der Waals surface area contributed by atoms with Crippen LogP contribution in [0.15, 0.2) is 30.3 Å². The van der Waals surface area contributed by atoms with Crippen molar-refractivity contribution in [2.24, 2.45) is 5.73 Å². The van der Waals surface area contributed by atoms with Gasteiger partial charge in [-0.1, -0.05) is 30.3 Å². The van der Waals surface area contributed by atoms with Gasteiger partial charge in [0.05, 0.1) is 0 Å². The van der Waals surface area contributed by atoms with E-state index in [1.165, 1.54) is 0 Å². The molecule has 1 aromatic rings. The number of nitrogens with two attached hydrogens (primary N) is 1. The van der Waals surface area contributed by atoms with E-state index in [4.69, 9.17) is 5.73 Å². The van der Waals surface area contributed by atoms with Gasteiger partial charge in [-0.3, -0.25) is 4.79 Å². The maximum atomic E-state index is 11.4. The van der Waals surface area contributed by atoms with Crippen molar-refractivity contribution in [1.29, 1.82) is 0 Å². The zero-order valence-electron chi connectivity index (χ0n) is 8.60. The van der Waals surface area contributed by atoms with Gasteiger partial charge in [0.1, 0.15) is 0 Å². The molecule has 0 aliphatic carbocycles. The van der Waals surface area contributed by atoms with E-state index in [1.807, 2.05) is 30.3 Å². The van der Waals surface area contributed by atoms with Crippen molar-refractivity contribution in [3.63, 3.8) is 0 Å². The van der Waals surface area contributed by atoms with Crippen LogP contribution in [0.5, 0.6) is 0 Å². The minimum atomic E-state index is -0.203. The molecule has 0 unspecified atom stereocenters. The predicted octanol–water partition coefficient (Wildman–Crippen LogP) is 1.16. The summed E-state index contributed by atoms with van der Waals surface area (Å²) in [6.45, 7) is 0. The van der Waals surface area contributed by atoms with Crippen molar-refractivity contribution in [3.05, 3.63) is 35.9 Å². The van der Waals surface area contributed by atoms with Crippen LogP contribution in [0.4, 0.5) is 0 Å². The zero-order valence-corrected chi connectivity index (χ0v) is 8.60. The highest BCUT2D eigenvalue weighted by Gasteiger charge is 2.12. The summed E-state index contributed by atoms with van der Waals surface area (Å²) in [5.74, 6) is 0.0568. The summed E-state index contributed by atoms with van der Waals surface area (Å²) in [5, 5.41) is 0. The second-order valence-corrected chi connectivity index (χ2v) is 3.51. The number of hydrogen-bond donors (Lipinski definition) is 1. The minimum Gasteiger partial charge on any atom is -0.349 e. The summed E-state index contributed by atoms with van der Waals surface area (Å²) in [6, 6.07) is 9.46. The lowest BCUT2D eigenvalue weighted by Gasteiger charge is -2.15. The number of carbonyl (C=O) groups excluding carboxylic acids is 1. The van der Waals surface area contributed by atoms with Gasteiger partial charge in [-0.05, 0) is 5.56 Å². The van der Waals surface area contributed by atoms with Crippen molar-refractivity contribution < 1.29 is 4.79 Å². The number of hydrogen-bond acceptors (Lipinski definition) is 2. The summed E-state index contributed by atoms with van der Waals surface area (Å²) in [4.78, 5) is 12.9. The van der Waals surface area contributed by atoms with Gasteiger partial charge >= 0.3 is 0 Å². The minimum absolute atomic E-state index is 0.0568. The molecule has 0 saturated heterocycles. The summed E-state index contributed by atoms with van der Waals surface area (Å²) >= 11 is 0. The van der Waals surface area contributed by atoms with Crippen LogP contribution in [-0.4, -0.2) is 24.9 Å². The van der Waals surface area contributed by atoms with Crippen LogP contribution in [0.1, 0.15) is 18.0 Å². The molecule has 0 bridgehead atoms. The maximum Gasteiger partial charge on any atom is 0.223 e. The third-order valence-corrected chi connectivity index (χ3v) is 2.12. The Balaban J connectivity index is 2.59. The van der Waals surface area contributed by atoms with E-state index in [0.29, 0.717) is 6.42 Å². The van der Waals surface area contributed by atoms with Gasteiger partial charge in [0, 0.05) is 26.6 Å². The average Bonchev–Trinajstić information content (AvgIpc) is 2.19. The van der Waals surface area contributed by atoms with Crippen molar-refractivity contribution in [2.75, 3.05) is 14.1 Å². The van der Waals surface area contributed by atoms with Crippen LogP contribution in [0.3, 0.4) is 0 Å². The highest BCUT2D eigenvalue weighted by Crippen LogP contribution is 2.13. The largest absolute Gasteiger partial charge is 0.349 e. The van der Waals surface area contributed by atoms with E-state index in [9.17, 15) is 4.79 Å². The Hall–Kier alpha value is -1.35. The second kappa shape index (κ2) is 4.77. The van der Waals surface area contributed by atoms with Crippen molar-refractivity contribution >= 4 is 5.91 Å². The van der Waals surface area contributed by atoms with Crippen LogP contribution < -0.4 is 5.73 Å². The third kappa shape index (κ3) is 2.85. The Morgan fingerprint density at radius 1 is 1.36 bits per heavy atom. The van der Waals surface area contributed by atoms with E-state index in [1.54, 1.807) is 19.0 Å². The fourth-order valence-electron chi connectivity index (χ4n) is 1.19. The van der Waals surface area contributed by atoms with Crippen LogP contribution in [0.25, 0.3) is 0 Å². The van der Waals surface area contributed by atoms with Crippen LogP contribution >= 0.6 is 0 Å². The molecule has 0 spiro atoms. The van der Waals surface area contributed by atoms with Gasteiger partial charge in [-0.25, -0.2) is 0 Å². The summed E-state index contributed by atoms with van der Waals surface area (Å²) in [7, 11) is 3.47. The zero-order chi connectivity index (χ0) is 10.6. The lowest BCUT2D eigenvalue weighted by molar-refractivity contribution is -0.129. The first-order valence-electron chi connectivity index (χ1n) is 4.62. The highest BCUT2D eigenvalue weighted by atomic mass is 16.2. The Labute approximate surface area is 84.5 Å². The Morgan fingerprint density at radius 3 is 2.43 bits per heavy atom. The van der Waals surface area contributed by atoms with Crippen molar-refractivity contribution in [2.45, 2.75) is 12.5 Å². The fourth-order valence-corrected chi connectivity index (χ4v) is 1.19. The van der Waals surface area contributed by atoms with Gasteiger partial charge < -0.3 is 10.6 Å². The summed E-state index contributed by atoms with van der Waals surface area (Å²) in [5.41, 5.74) is 6.89. The molecule has 76 valence electrons. The molecule has 14 heavy (non-hydrogen) atoms. The van der Waals surface area contributed by atoms with E-state index >= 15 is 0 Å². The molecule has 0 aliphatic rings.